The number of rotatable bonds is 1. The first-order chi connectivity index (χ1) is 9.47. The summed E-state index contributed by atoms with van der Waals surface area (Å²) in [5, 5.41) is 0. The lowest BCUT2D eigenvalue weighted by Crippen LogP contribution is -2.53. The summed E-state index contributed by atoms with van der Waals surface area (Å²) in [6.07, 6.45) is 3.34. The highest BCUT2D eigenvalue weighted by Crippen LogP contribution is 2.37. The molecule has 0 aromatic heterocycles. The molecular formula is C17H26N2O. The van der Waals surface area contributed by atoms with E-state index in [1.165, 1.54) is 17.5 Å². The van der Waals surface area contributed by atoms with Gasteiger partial charge in [0.25, 0.3) is 0 Å². The highest BCUT2D eigenvalue weighted by Gasteiger charge is 2.36. The Morgan fingerprint density at radius 2 is 2.10 bits per heavy atom. The van der Waals surface area contributed by atoms with Crippen LogP contribution in [0, 0.1) is 0 Å². The van der Waals surface area contributed by atoms with Gasteiger partial charge in [-0.1, -0.05) is 12.1 Å². The fourth-order valence-corrected chi connectivity index (χ4v) is 3.60. The summed E-state index contributed by atoms with van der Waals surface area (Å²) < 4.78 is 5.62. The molecule has 2 unspecified atom stereocenters. The maximum absolute atomic E-state index is 6.47. The summed E-state index contributed by atoms with van der Waals surface area (Å²) >= 11 is 0. The molecule has 1 fully saturated rings. The lowest BCUT2D eigenvalue weighted by molar-refractivity contribution is 0.0384. The molecule has 1 saturated heterocycles. The standard InChI is InChI=1S/C17H26N2O/c1-17(2,3)19-9-4-5-14(18)16(19)13-6-7-15-12(11-13)8-10-20-15/h6-7,11,14,16H,4-5,8-10,18H2,1-3H3. The van der Waals surface area contributed by atoms with Gasteiger partial charge in [0.05, 0.1) is 12.6 Å². The predicted molar refractivity (Wildman–Crippen MR) is 82.1 cm³/mol. The first kappa shape index (κ1) is 13.9. The first-order valence-electron chi connectivity index (χ1n) is 7.75. The summed E-state index contributed by atoms with van der Waals surface area (Å²) in [7, 11) is 0. The number of piperidine rings is 1. The first-order valence-corrected chi connectivity index (χ1v) is 7.75. The van der Waals surface area contributed by atoms with Gasteiger partial charge in [-0.15, -0.1) is 0 Å². The van der Waals surface area contributed by atoms with E-state index in [2.05, 4.69) is 43.9 Å². The van der Waals surface area contributed by atoms with E-state index in [0.29, 0.717) is 6.04 Å². The Balaban J connectivity index is 1.96. The molecule has 2 atom stereocenters. The van der Waals surface area contributed by atoms with Gasteiger partial charge in [-0.25, -0.2) is 0 Å². The second kappa shape index (κ2) is 5.05. The minimum atomic E-state index is 0.151. The summed E-state index contributed by atoms with van der Waals surface area (Å²) in [5.74, 6) is 1.06. The lowest BCUT2D eigenvalue weighted by Gasteiger charge is -2.47. The van der Waals surface area contributed by atoms with Crippen molar-refractivity contribution in [3.05, 3.63) is 29.3 Å². The third-order valence-corrected chi connectivity index (χ3v) is 4.59. The normalized spacial score (nSPS) is 27.2. The topological polar surface area (TPSA) is 38.5 Å². The molecule has 1 aromatic rings. The molecule has 2 aliphatic rings. The van der Waals surface area contributed by atoms with Crippen LogP contribution in [0.15, 0.2) is 18.2 Å². The van der Waals surface area contributed by atoms with E-state index < -0.39 is 0 Å². The van der Waals surface area contributed by atoms with Gasteiger partial charge >= 0.3 is 0 Å². The maximum Gasteiger partial charge on any atom is 0.122 e. The van der Waals surface area contributed by atoms with Crippen molar-refractivity contribution in [2.45, 2.75) is 57.7 Å². The summed E-state index contributed by atoms with van der Waals surface area (Å²) in [6.45, 7) is 8.81. The number of fused-ring (bicyclic) bond motifs is 1. The molecule has 3 nitrogen and oxygen atoms in total. The molecule has 0 saturated carbocycles. The van der Waals surface area contributed by atoms with Gasteiger partial charge in [0.15, 0.2) is 0 Å². The van der Waals surface area contributed by atoms with Crippen LogP contribution in [0.25, 0.3) is 0 Å². The lowest BCUT2D eigenvalue weighted by atomic mass is 9.86. The molecule has 0 aliphatic carbocycles. The largest absolute Gasteiger partial charge is 0.493 e. The van der Waals surface area contributed by atoms with Crippen LogP contribution in [-0.2, 0) is 6.42 Å². The molecule has 0 spiro atoms. The van der Waals surface area contributed by atoms with Crippen LogP contribution in [0.1, 0.15) is 50.8 Å². The van der Waals surface area contributed by atoms with E-state index in [1.54, 1.807) is 0 Å². The minimum Gasteiger partial charge on any atom is -0.493 e. The van der Waals surface area contributed by atoms with Crippen LogP contribution in [0.4, 0.5) is 0 Å². The Morgan fingerprint density at radius 3 is 2.85 bits per heavy atom. The molecule has 2 heterocycles. The number of hydrogen-bond acceptors (Lipinski definition) is 3. The van der Waals surface area contributed by atoms with Crippen LogP contribution in [0.2, 0.25) is 0 Å². The van der Waals surface area contributed by atoms with Crippen LogP contribution >= 0.6 is 0 Å². The minimum absolute atomic E-state index is 0.151. The van der Waals surface area contributed by atoms with E-state index in [9.17, 15) is 0 Å². The molecule has 1 aromatic carbocycles. The van der Waals surface area contributed by atoms with Gasteiger partial charge in [-0.05, 0) is 57.4 Å². The van der Waals surface area contributed by atoms with E-state index in [4.69, 9.17) is 10.5 Å². The highest BCUT2D eigenvalue weighted by molar-refractivity contribution is 5.41. The van der Waals surface area contributed by atoms with Crippen molar-refractivity contribution in [2.75, 3.05) is 13.2 Å². The van der Waals surface area contributed by atoms with E-state index in [-0.39, 0.29) is 11.6 Å². The Kier molecular flexibility index (Phi) is 3.51. The van der Waals surface area contributed by atoms with E-state index in [0.717, 1.165) is 31.7 Å². The Bertz CT molecular complexity index is 492. The zero-order chi connectivity index (χ0) is 14.3. The smallest absolute Gasteiger partial charge is 0.122 e. The molecular weight excluding hydrogens is 248 g/mol. The van der Waals surface area contributed by atoms with Gasteiger partial charge in [-0.2, -0.15) is 0 Å². The molecule has 0 radical (unpaired) electrons. The highest BCUT2D eigenvalue weighted by atomic mass is 16.5. The zero-order valence-electron chi connectivity index (χ0n) is 12.9. The van der Waals surface area contributed by atoms with Gasteiger partial charge in [0.2, 0.25) is 0 Å². The van der Waals surface area contributed by atoms with Crippen LogP contribution in [0.5, 0.6) is 5.75 Å². The SMILES string of the molecule is CC(C)(C)N1CCCC(N)C1c1ccc2c(c1)CCO2. The fourth-order valence-electron chi connectivity index (χ4n) is 3.60. The molecule has 2 aliphatic heterocycles. The monoisotopic (exact) mass is 274 g/mol. The molecule has 0 bridgehead atoms. The van der Waals surface area contributed by atoms with Crippen molar-refractivity contribution >= 4 is 0 Å². The number of nitrogens with two attached hydrogens (primary N) is 1. The van der Waals surface area contributed by atoms with Gasteiger partial charge in [0.1, 0.15) is 5.75 Å². The van der Waals surface area contributed by atoms with Crippen LogP contribution < -0.4 is 10.5 Å². The van der Waals surface area contributed by atoms with Crippen LogP contribution in [-0.4, -0.2) is 29.6 Å². The quantitative estimate of drug-likeness (QED) is 0.856. The number of ether oxygens (including phenoxy) is 1. The van der Waals surface area contributed by atoms with Crippen molar-refractivity contribution in [1.82, 2.24) is 4.90 Å². The fraction of sp³-hybridized carbons (Fsp3) is 0.647. The summed E-state index contributed by atoms with van der Waals surface area (Å²) in [6, 6.07) is 7.20. The van der Waals surface area contributed by atoms with Crippen molar-refractivity contribution in [3.8, 4) is 5.75 Å². The second-order valence-electron chi connectivity index (χ2n) is 7.08. The third-order valence-electron chi connectivity index (χ3n) is 4.59. The van der Waals surface area contributed by atoms with Gasteiger partial charge in [-0.3, -0.25) is 4.90 Å². The van der Waals surface area contributed by atoms with Crippen LogP contribution in [0.3, 0.4) is 0 Å². The van der Waals surface area contributed by atoms with Gasteiger partial charge < -0.3 is 10.5 Å². The number of benzene rings is 1. The molecule has 3 rings (SSSR count). The molecule has 3 heteroatoms. The number of hydrogen-bond donors (Lipinski definition) is 1. The van der Waals surface area contributed by atoms with Gasteiger partial charge in [0, 0.05) is 18.0 Å². The van der Waals surface area contributed by atoms with Crippen molar-refractivity contribution in [2.24, 2.45) is 5.73 Å². The van der Waals surface area contributed by atoms with E-state index >= 15 is 0 Å². The van der Waals surface area contributed by atoms with Crippen molar-refractivity contribution in [3.63, 3.8) is 0 Å². The van der Waals surface area contributed by atoms with Crippen molar-refractivity contribution in [1.29, 1.82) is 0 Å². The molecule has 20 heavy (non-hydrogen) atoms. The second-order valence-corrected chi connectivity index (χ2v) is 7.08. The third kappa shape index (κ3) is 2.45. The number of nitrogens with zero attached hydrogens (tertiary/aromatic N) is 1. The predicted octanol–water partition coefficient (Wildman–Crippen LogP) is 2.88. The molecule has 110 valence electrons. The van der Waals surface area contributed by atoms with E-state index in [1.807, 2.05) is 0 Å². The maximum atomic E-state index is 6.47. The zero-order valence-corrected chi connectivity index (χ0v) is 12.9. The summed E-state index contributed by atoms with van der Waals surface area (Å²) in [5.41, 5.74) is 9.32. The molecule has 0 amide bonds. The Morgan fingerprint density at radius 1 is 1.30 bits per heavy atom. The Hall–Kier alpha value is -1.06. The number of likely N-dealkylation sites (tertiary alicyclic amines) is 1. The molecule has 2 N–H and O–H groups in total. The summed E-state index contributed by atoms with van der Waals surface area (Å²) in [4.78, 5) is 2.57. The average Bonchev–Trinajstić information content (AvgIpc) is 2.84. The van der Waals surface area contributed by atoms with Crippen molar-refractivity contribution < 1.29 is 4.74 Å². The Labute approximate surface area is 122 Å². The average molecular weight is 274 g/mol.